The third-order valence-electron chi connectivity index (χ3n) is 5.52. The van der Waals surface area contributed by atoms with E-state index >= 15 is 0 Å². The van der Waals surface area contributed by atoms with E-state index in [2.05, 4.69) is 0 Å². The highest BCUT2D eigenvalue weighted by Crippen LogP contribution is 2.40. The largest absolute Gasteiger partial charge is 0.508 e. The van der Waals surface area contributed by atoms with Gasteiger partial charge in [-0.3, -0.25) is 14.4 Å². The van der Waals surface area contributed by atoms with Crippen LogP contribution < -0.4 is 0 Å². The summed E-state index contributed by atoms with van der Waals surface area (Å²) in [5.74, 6) is -0.910. The highest BCUT2D eigenvalue weighted by molar-refractivity contribution is 5.82. The Labute approximate surface area is 152 Å². The summed E-state index contributed by atoms with van der Waals surface area (Å²) in [7, 11) is 0. The van der Waals surface area contributed by atoms with Crippen molar-refractivity contribution in [2.45, 2.75) is 32.1 Å². The monoisotopic (exact) mass is 360 g/mol. The normalized spacial score (nSPS) is 19.6. The standard InChI is InChI=1S/C19H24N2O5/c22-15-3-1-2-14(10-15)11-17(24)20-8-6-19(7-9-20)5-4-16(23)21(13-19)12-18(25)26/h1-3,10,22H,4-9,11-13H2,(H,25,26). The summed E-state index contributed by atoms with van der Waals surface area (Å²) in [6, 6.07) is 6.71. The van der Waals surface area contributed by atoms with Gasteiger partial charge < -0.3 is 20.0 Å². The van der Waals surface area contributed by atoms with Crippen LogP contribution in [-0.4, -0.2) is 64.0 Å². The number of piperidine rings is 2. The molecule has 3 rings (SSSR count). The second kappa shape index (κ2) is 7.35. The number of carbonyl (C=O) groups is 3. The molecule has 2 saturated heterocycles. The number of aromatic hydroxyl groups is 1. The molecule has 2 N–H and O–H groups in total. The summed E-state index contributed by atoms with van der Waals surface area (Å²) in [5, 5.41) is 18.5. The van der Waals surface area contributed by atoms with E-state index in [1.807, 2.05) is 11.0 Å². The second-order valence-corrected chi connectivity index (χ2v) is 7.37. The predicted octanol–water partition coefficient (Wildman–Crippen LogP) is 1.25. The molecular formula is C19H24N2O5. The number of aliphatic carboxylic acids is 1. The molecule has 2 aliphatic heterocycles. The van der Waals surface area contributed by atoms with Crippen molar-refractivity contribution in [2.24, 2.45) is 5.41 Å². The van der Waals surface area contributed by atoms with E-state index in [9.17, 15) is 19.5 Å². The number of hydrogen-bond acceptors (Lipinski definition) is 4. The van der Waals surface area contributed by atoms with Crippen LogP contribution in [0.2, 0.25) is 0 Å². The van der Waals surface area contributed by atoms with Crippen molar-refractivity contribution in [3.05, 3.63) is 29.8 Å². The molecule has 0 unspecified atom stereocenters. The number of hydrogen-bond donors (Lipinski definition) is 2. The van der Waals surface area contributed by atoms with Gasteiger partial charge in [0.25, 0.3) is 0 Å². The Morgan fingerprint density at radius 3 is 2.54 bits per heavy atom. The first-order valence-corrected chi connectivity index (χ1v) is 8.92. The van der Waals surface area contributed by atoms with Crippen molar-refractivity contribution in [1.82, 2.24) is 9.80 Å². The van der Waals surface area contributed by atoms with Gasteiger partial charge in [0.05, 0.1) is 6.42 Å². The minimum Gasteiger partial charge on any atom is -0.508 e. The Kier molecular flexibility index (Phi) is 5.15. The second-order valence-electron chi connectivity index (χ2n) is 7.37. The van der Waals surface area contributed by atoms with E-state index < -0.39 is 5.97 Å². The molecule has 0 aromatic heterocycles. The van der Waals surface area contributed by atoms with Crippen LogP contribution in [0.1, 0.15) is 31.2 Å². The van der Waals surface area contributed by atoms with E-state index in [4.69, 9.17) is 5.11 Å². The smallest absolute Gasteiger partial charge is 0.323 e. The van der Waals surface area contributed by atoms with Crippen molar-refractivity contribution in [2.75, 3.05) is 26.2 Å². The Morgan fingerprint density at radius 2 is 1.88 bits per heavy atom. The lowest BCUT2D eigenvalue weighted by Crippen LogP contribution is -2.53. The third-order valence-corrected chi connectivity index (χ3v) is 5.52. The Hall–Kier alpha value is -2.57. The number of nitrogens with zero attached hydrogens (tertiary/aromatic N) is 2. The summed E-state index contributed by atoms with van der Waals surface area (Å²) >= 11 is 0. The number of benzene rings is 1. The average Bonchev–Trinajstić information content (AvgIpc) is 2.58. The molecule has 0 radical (unpaired) electrons. The predicted molar refractivity (Wildman–Crippen MR) is 93.5 cm³/mol. The van der Waals surface area contributed by atoms with Crippen LogP contribution in [0.15, 0.2) is 24.3 Å². The lowest BCUT2D eigenvalue weighted by molar-refractivity contribution is -0.150. The van der Waals surface area contributed by atoms with Crippen molar-refractivity contribution >= 4 is 17.8 Å². The van der Waals surface area contributed by atoms with Gasteiger partial charge in [0, 0.05) is 26.1 Å². The molecule has 7 heteroatoms. The molecule has 0 saturated carbocycles. The van der Waals surface area contributed by atoms with Crippen molar-refractivity contribution in [3.63, 3.8) is 0 Å². The third kappa shape index (κ3) is 4.15. The SMILES string of the molecule is O=C(O)CN1CC2(CCC1=O)CCN(C(=O)Cc1cccc(O)c1)CC2. The van der Waals surface area contributed by atoms with Crippen LogP contribution in [-0.2, 0) is 20.8 Å². The highest BCUT2D eigenvalue weighted by Gasteiger charge is 2.42. The quantitative estimate of drug-likeness (QED) is 0.842. The lowest BCUT2D eigenvalue weighted by atomic mass is 9.72. The van der Waals surface area contributed by atoms with Gasteiger partial charge in [-0.05, 0) is 42.4 Å². The molecule has 2 heterocycles. The van der Waals surface area contributed by atoms with Gasteiger partial charge in [-0.1, -0.05) is 12.1 Å². The molecule has 1 spiro atoms. The van der Waals surface area contributed by atoms with Crippen LogP contribution in [0.25, 0.3) is 0 Å². The molecule has 2 fully saturated rings. The fourth-order valence-corrected chi connectivity index (χ4v) is 4.00. The first kappa shape index (κ1) is 18.2. The van der Waals surface area contributed by atoms with E-state index in [-0.39, 0.29) is 35.9 Å². The van der Waals surface area contributed by atoms with Crippen molar-refractivity contribution in [1.29, 1.82) is 0 Å². The van der Waals surface area contributed by atoms with Crippen LogP contribution >= 0.6 is 0 Å². The van der Waals surface area contributed by atoms with Gasteiger partial charge in [-0.2, -0.15) is 0 Å². The Balaban J connectivity index is 1.57. The van der Waals surface area contributed by atoms with E-state index in [0.29, 0.717) is 26.1 Å². The zero-order chi connectivity index (χ0) is 18.7. The minimum absolute atomic E-state index is 0.0275. The van der Waals surface area contributed by atoms with Gasteiger partial charge in [-0.15, -0.1) is 0 Å². The van der Waals surface area contributed by atoms with Crippen LogP contribution in [0, 0.1) is 5.41 Å². The fourth-order valence-electron chi connectivity index (χ4n) is 4.00. The molecule has 0 atom stereocenters. The van der Waals surface area contributed by atoms with Gasteiger partial charge in [-0.25, -0.2) is 0 Å². The maximum absolute atomic E-state index is 12.5. The molecule has 26 heavy (non-hydrogen) atoms. The Morgan fingerprint density at radius 1 is 1.15 bits per heavy atom. The zero-order valence-electron chi connectivity index (χ0n) is 14.7. The molecule has 1 aromatic carbocycles. The Bertz CT molecular complexity index is 710. The fraction of sp³-hybridized carbons (Fsp3) is 0.526. The number of phenolic OH excluding ortho intramolecular Hbond substituents is 1. The maximum Gasteiger partial charge on any atom is 0.323 e. The number of rotatable bonds is 4. The van der Waals surface area contributed by atoms with Crippen molar-refractivity contribution in [3.8, 4) is 5.75 Å². The summed E-state index contributed by atoms with van der Waals surface area (Å²) in [4.78, 5) is 38.7. The van der Waals surface area contributed by atoms with Gasteiger partial charge >= 0.3 is 5.97 Å². The number of amides is 2. The summed E-state index contributed by atoms with van der Waals surface area (Å²) in [6.45, 7) is 1.45. The number of carboxylic acids is 1. The van der Waals surface area contributed by atoms with E-state index in [0.717, 1.165) is 24.8 Å². The topological polar surface area (TPSA) is 98.2 Å². The van der Waals surface area contributed by atoms with Gasteiger partial charge in [0.1, 0.15) is 12.3 Å². The molecule has 0 bridgehead atoms. The lowest BCUT2D eigenvalue weighted by Gasteiger charge is -2.47. The average molecular weight is 360 g/mol. The summed E-state index contributed by atoms with van der Waals surface area (Å²) in [5.41, 5.74) is 0.705. The highest BCUT2D eigenvalue weighted by atomic mass is 16.4. The molecule has 7 nitrogen and oxygen atoms in total. The van der Waals surface area contributed by atoms with Gasteiger partial charge in [0.2, 0.25) is 11.8 Å². The van der Waals surface area contributed by atoms with Gasteiger partial charge in [0.15, 0.2) is 0 Å². The molecular weight excluding hydrogens is 336 g/mol. The first-order valence-electron chi connectivity index (χ1n) is 8.92. The van der Waals surface area contributed by atoms with Crippen LogP contribution in [0.5, 0.6) is 5.75 Å². The molecule has 2 aliphatic rings. The van der Waals surface area contributed by atoms with Crippen LogP contribution in [0.3, 0.4) is 0 Å². The number of likely N-dealkylation sites (tertiary alicyclic amines) is 2. The molecule has 1 aromatic rings. The van der Waals surface area contributed by atoms with E-state index in [1.54, 1.807) is 18.2 Å². The van der Waals surface area contributed by atoms with E-state index in [1.165, 1.54) is 4.90 Å². The van der Waals surface area contributed by atoms with Crippen LogP contribution in [0.4, 0.5) is 0 Å². The first-order chi connectivity index (χ1) is 12.4. The zero-order valence-corrected chi connectivity index (χ0v) is 14.7. The van der Waals surface area contributed by atoms with Crippen molar-refractivity contribution < 1.29 is 24.6 Å². The molecule has 0 aliphatic carbocycles. The summed E-state index contributed by atoms with van der Waals surface area (Å²) in [6.07, 6.45) is 2.95. The molecule has 2 amide bonds. The minimum atomic E-state index is -0.992. The number of carbonyl (C=O) groups excluding carboxylic acids is 2. The number of phenols is 1. The molecule has 140 valence electrons. The summed E-state index contributed by atoms with van der Waals surface area (Å²) < 4.78 is 0. The number of carboxylic acid groups (broad SMARTS) is 1. The maximum atomic E-state index is 12.5.